The molecule has 0 spiro atoms. The first-order valence-corrected chi connectivity index (χ1v) is 8.91. The number of nitrogens with one attached hydrogen (secondary N) is 2. The van der Waals surface area contributed by atoms with Gasteiger partial charge in [0.25, 0.3) is 0 Å². The lowest BCUT2D eigenvalue weighted by atomic mass is 9.97. The van der Waals surface area contributed by atoms with Crippen molar-refractivity contribution in [1.29, 1.82) is 0 Å². The molecule has 0 saturated carbocycles. The van der Waals surface area contributed by atoms with E-state index in [4.69, 9.17) is 0 Å². The molecule has 4 rings (SSSR count). The maximum absolute atomic E-state index is 13.5. The number of benzene rings is 1. The van der Waals surface area contributed by atoms with Crippen molar-refractivity contribution in [2.75, 3.05) is 5.32 Å². The first kappa shape index (κ1) is 18.4. The summed E-state index contributed by atoms with van der Waals surface area (Å²) in [6.07, 6.45) is 3.64. The number of fused-ring (bicyclic) bond motifs is 1. The summed E-state index contributed by atoms with van der Waals surface area (Å²) in [6.45, 7) is 1.74. The second kappa shape index (κ2) is 7.55. The van der Waals surface area contributed by atoms with Gasteiger partial charge in [0.05, 0.1) is 6.20 Å². The molecule has 4 aromatic rings. The topological polar surface area (TPSA) is 108 Å². The zero-order valence-corrected chi connectivity index (χ0v) is 15.4. The zero-order chi connectivity index (χ0) is 20.4. The van der Waals surface area contributed by atoms with E-state index in [1.807, 2.05) is 6.07 Å². The first-order chi connectivity index (χ1) is 14.1. The fraction of sp³-hybridized carbons (Fsp3) is 0.100. The van der Waals surface area contributed by atoms with Crippen molar-refractivity contribution in [2.45, 2.75) is 13.3 Å². The summed E-state index contributed by atoms with van der Waals surface area (Å²) < 4.78 is 15.2. The van der Waals surface area contributed by atoms with E-state index in [1.165, 1.54) is 24.3 Å². The molecule has 8 nitrogen and oxygen atoms in total. The maximum Gasteiger partial charge on any atom is 0.332 e. The van der Waals surface area contributed by atoms with Crippen LogP contribution >= 0.6 is 0 Å². The SMILES string of the molecule is CCC(C(=O)O)=C(c1ccc(F)cc1)c1nc(Nc2ccn[nH]2)n2cccc2n1. The zero-order valence-electron chi connectivity index (χ0n) is 15.4. The van der Waals surface area contributed by atoms with E-state index in [0.29, 0.717) is 28.5 Å². The minimum atomic E-state index is -1.08. The smallest absolute Gasteiger partial charge is 0.332 e. The van der Waals surface area contributed by atoms with Gasteiger partial charge in [0.15, 0.2) is 5.82 Å². The molecule has 146 valence electrons. The number of aliphatic carboxylic acids is 1. The van der Waals surface area contributed by atoms with Crippen LogP contribution in [0.25, 0.3) is 11.2 Å². The van der Waals surface area contributed by atoms with Crippen LogP contribution in [0, 0.1) is 5.82 Å². The minimum absolute atomic E-state index is 0.139. The number of aromatic nitrogens is 5. The van der Waals surface area contributed by atoms with Crippen LogP contribution in [0.5, 0.6) is 0 Å². The average Bonchev–Trinajstić information content (AvgIpc) is 3.38. The van der Waals surface area contributed by atoms with Crippen molar-refractivity contribution < 1.29 is 14.3 Å². The Hall–Kier alpha value is -4.01. The van der Waals surface area contributed by atoms with E-state index in [1.54, 1.807) is 35.9 Å². The second-order valence-electron chi connectivity index (χ2n) is 6.22. The average molecular weight is 392 g/mol. The standard InChI is InChI=1S/C20H17FN6O2/c1-2-14(19(28)29)17(12-5-7-13(21)8-6-12)18-24-16-4-3-11-27(16)20(25-18)23-15-9-10-22-26-15/h3-11H,2H2,1H3,(H,28,29)(H2,22,23,24,25,26). The van der Waals surface area contributed by atoms with Crippen LogP contribution in [0.2, 0.25) is 0 Å². The van der Waals surface area contributed by atoms with E-state index in [-0.39, 0.29) is 17.8 Å². The molecular weight excluding hydrogens is 375 g/mol. The van der Waals surface area contributed by atoms with Gasteiger partial charge < -0.3 is 10.4 Å². The highest BCUT2D eigenvalue weighted by molar-refractivity contribution is 5.99. The van der Waals surface area contributed by atoms with Gasteiger partial charge in [-0.25, -0.2) is 14.2 Å². The van der Waals surface area contributed by atoms with Crippen LogP contribution < -0.4 is 5.32 Å². The number of hydrogen-bond acceptors (Lipinski definition) is 5. The van der Waals surface area contributed by atoms with Crippen molar-refractivity contribution in [1.82, 2.24) is 24.6 Å². The Balaban J connectivity index is 1.95. The lowest BCUT2D eigenvalue weighted by Crippen LogP contribution is -2.11. The predicted molar refractivity (Wildman–Crippen MR) is 105 cm³/mol. The second-order valence-corrected chi connectivity index (χ2v) is 6.22. The Bertz CT molecular complexity index is 1200. The van der Waals surface area contributed by atoms with E-state index in [2.05, 4.69) is 25.5 Å². The number of aromatic amines is 1. The van der Waals surface area contributed by atoms with Gasteiger partial charge in [-0.3, -0.25) is 9.50 Å². The Morgan fingerprint density at radius 2 is 2.00 bits per heavy atom. The molecular formula is C20H17FN6O2. The highest BCUT2D eigenvalue weighted by Gasteiger charge is 2.21. The molecule has 29 heavy (non-hydrogen) atoms. The molecule has 0 aliphatic rings. The number of H-pyrrole nitrogens is 1. The molecule has 0 aliphatic carbocycles. The minimum Gasteiger partial charge on any atom is -0.478 e. The van der Waals surface area contributed by atoms with Crippen molar-refractivity contribution in [2.24, 2.45) is 0 Å². The van der Waals surface area contributed by atoms with Crippen molar-refractivity contribution >= 4 is 29.0 Å². The van der Waals surface area contributed by atoms with Crippen molar-refractivity contribution in [3.05, 3.63) is 77.6 Å². The summed E-state index contributed by atoms with van der Waals surface area (Å²) in [5, 5.41) is 19.6. The number of carboxylic acids is 1. The lowest BCUT2D eigenvalue weighted by Gasteiger charge is -2.14. The molecule has 9 heteroatoms. The summed E-state index contributed by atoms with van der Waals surface area (Å²) in [7, 11) is 0. The maximum atomic E-state index is 13.5. The molecule has 1 aromatic carbocycles. The van der Waals surface area contributed by atoms with Gasteiger partial charge in [0.1, 0.15) is 17.3 Å². The van der Waals surface area contributed by atoms with Crippen LogP contribution in [-0.4, -0.2) is 35.6 Å². The summed E-state index contributed by atoms with van der Waals surface area (Å²) in [5.74, 6) is -0.213. The van der Waals surface area contributed by atoms with Gasteiger partial charge in [0, 0.05) is 23.4 Å². The van der Waals surface area contributed by atoms with Gasteiger partial charge in [-0.1, -0.05) is 19.1 Å². The molecule has 0 saturated heterocycles. The number of hydrogen-bond donors (Lipinski definition) is 3. The number of halogens is 1. The predicted octanol–water partition coefficient (Wildman–Crippen LogP) is 3.63. The van der Waals surface area contributed by atoms with Gasteiger partial charge in [-0.05, 0) is 36.2 Å². The van der Waals surface area contributed by atoms with Crippen LogP contribution in [0.3, 0.4) is 0 Å². The highest BCUT2D eigenvalue weighted by Crippen LogP contribution is 2.28. The molecule has 0 amide bonds. The van der Waals surface area contributed by atoms with Crippen LogP contribution in [0.1, 0.15) is 24.7 Å². The molecule has 0 aliphatic heterocycles. The van der Waals surface area contributed by atoms with Gasteiger partial charge in [-0.2, -0.15) is 10.1 Å². The van der Waals surface area contributed by atoms with Gasteiger partial charge in [-0.15, -0.1) is 0 Å². The number of carboxylic acid groups (broad SMARTS) is 1. The summed E-state index contributed by atoms with van der Waals surface area (Å²) in [5.41, 5.74) is 1.59. The number of nitrogens with zero attached hydrogens (tertiary/aromatic N) is 4. The van der Waals surface area contributed by atoms with Gasteiger partial charge >= 0.3 is 5.97 Å². The summed E-state index contributed by atoms with van der Waals surface area (Å²) >= 11 is 0. The molecule has 0 unspecified atom stereocenters. The van der Waals surface area contributed by atoms with Crippen molar-refractivity contribution in [3.63, 3.8) is 0 Å². The monoisotopic (exact) mass is 392 g/mol. The van der Waals surface area contributed by atoms with E-state index in [0.717, 1.165) is 0 Å². The normalized spacial score (nSPS) is 12.1. The van der Waals surface area contributed by atoms with Gasteiger partial charge in [0.2, 0.25) is 5.95 Å². The summed E-state index contributed by atoms with van der Waals surface area (Å²) in [4.78, 5) is 21.0. The number of anilines is 2. The molecule has 0 radical (unpaired) electrons. The molecule has 0 atom stereocenters. The lowest BCUT2D eigenvalue weighted by molar-refractivity contribution is -0.132. The summed E-state index contributed by atoms with van der Waals surface area (Å²) in [6, 6.07) is 11.0. The third-order valence-corrected chi connectivity index (χ3v) is 4.40. The quantitative estimate of drug-likeness (QED) is 0.433. The third-order valence-electron chi connectivity index (χ3n) is 4.40. The first-order valence-electron chi connectivity index (χ1n) is 8.91. The van der Waals surface area contributed by atoms with Crippen molar-refractivity contribution in [3.8, 4) is 0 Å². The Labute approximate surface area is 164 Å². The Kier molecular flexibility index (Phi) is 4.78. The fourth-order valence-corrected chi connectivity index (χ4v) is 3.07. The largest absolute Gasteiger partial charge is 0.478 e. The molecule has 0 bridgehead atoms. The van der Waals surface area contributed by atoms with E-state index >= 15 is 0 Å². The fourth-order valence-electron chi connectivity index (χ4n) is 3.07. The Morgan fingerprint density at radius 3 is 2.66 bits per heavy atom. The van der Waals surface area contributed by atoms with E-state index < -0.39 is 11.8 Å². The molecule has 3 heterocycles. The molecule has 3 N–H and O–H groups in total. The third kappa shape index (κ3) is 3.57. The van der Waals surface area contributed by atoms with E-state index in [9.17, 15) is 14.3 Å². The highest BCUT2D eigenvalue weighted by atomic mass is 19.1. The molecule has 0 fully saturated rings. The van der Waals surface area contributed by atoms with Crippen LogP contribution in [0.4, 0.5) is 16.2 Å². The molecule has 3 aromatic heterocycles. The van der Waals surface area contributed by atoms with Crippen LogP contribution in [0.15, 0.2) is 60.4 Å². The number of rotatable bonds is 6. The number of carbonyl (C=O) groups is 1. The Morgan fingerprint density at radius 1 is 1.21 bits per heavy atom. The van der Waals surface area contributed by atoms with Crippen LogP contribution in [-0.2, 0) is 4.79 Å².